The van der Waals surface area contributed by atoms with Crippen LogP contribution < -0.4 is 15.8 Å². The zero-order valence-corrected chi connectivity index (χ0v) is 10.2. The molecule has 0 aromatic heterocycles. The number of carbonyl (C=O) groups excluding carboxylic acids is 1. The Bertz CT molecular complexity index is 386. The van der Waals surface area contributed by atoms with Gasteiger partial charge in [-0.1, -0.05) is 0 Å². The predicted octanol–water partition coefficient (Wildman–Crippen LogP) is 1.14. The molecule has 0 spiro atoms. The van der Waals surface area contributed by atoms with Gasteiger partial charge in [0.1, 0.15) is 5.75 Å². The van der Waals surface area contributed by atoms with Crippen molar-refractivity contribution in [1.29, 1.82) is 0 Å². The second-order valence-electron chi connectivity index (χ2n) is 4.34. The van der Waals surface area contributed by atoms with Crippen LogP contribution in [0.25, 0.3) is 0 Å². The van der Waals surface area contributed by atoms with Crippen molar-refractivity contribution in [2.24, 2.45) is 5.73 Å². The van der Waals surface area contributed by atoms with Crippen LogP contribution in [-0.4, -0.2) is 31.8 Å². The van der Waals surface area contributed by atoms with E-state index in [0.29, 0.717) is 11.8 Å². The van der Waals surface area contributed by atoms with Crippen molar-refractivity contribution >= 4 is 11.6 Å². The Labute approximate surface area is 106 Å². The van der Waals surface area contributed by atoms with Crippen LogP contribution in [0.15, 0.2) is 24.3 Å². The van der Waals surface area contributed by atoms with E-state index in [2.05, 4.69) is 5.32 Å². The van der Waals surface area contributed by atoms with Gasteiger partial charge in [-0.25, -0.2) is 0 Å². The Morgan fingerprint density at radius 1 is 1.44 bits per heavy atom. The van der Waals surface area contributed by atoms with E-state index in [4.69, 9.17) is 15.2 Å². The van der Waals surface area contributed by atoms with Crippen molar-refractivity contribution in [2.75, 3.05) is 25.1 Å². The van der Waals surface area contributed by atoms with Crippen LogP contribution in [-0.2, 0) is 9.53 Å². The summed E-state index contributed by atoms with van der Waals surface area (Å²) in [7, 11) is 0. The molecule has 1 aromatic carbocycles. The van der Waals surface area contributed by atoms with E-state index in [0.717, 1.165) is 31.7 Å². The van der Waals surface area contributed by atoms with Crippen LogP contribution in [0, 0.1) is 0 Å². The smallest absolute Gasteiger partial charge is 0.255 e. The molecule has 2 rings (SSSR count). The van der Waals surface area contributed by atoms with Gasteiger partial charge in [0, 0.05) is 18.3 Å². The maximum absolute atomic E-state index is 10.6. The third-order valence-electron chi connectivity index (χ3n) is 2.77. The molecule has 5 heteroatoms. The topological polar surface area (TPSA) is 73.6 Å². The summed E-state index contributed by atoms with van der Waals surface area (Å²) in [6, 6.07) is 7.84. The molecular formula is C13H18N2O3. The summed E-state index contributed by atoms with van der Waals surface area (Å²) in [5, 5.41) is 3.40. The molecule has 1 fully saturated rings. The third-order valence-corrected chi connectivity index (χ3v) is 2.77. The molecule has 3 N–H and O–H groups in total. The van der Waals surface area contributed by atoms with Gasteiger partial charge in [0.15, 0.2) is 6.61 Å². The van der Waals surface area contributed by atoms with Crippen molar-refractivity contribution < 1.29 is 14.3 Å². The van der Waals surface area contributed by atoms with E-state index in [1.165, 1.54) is 0 Å². The first-order valence-electron chi connectivity index (χ1n) is 6.09. The molecule has 0 aliphatic carbocycles. The molecule has 1 aromatic rings. The molecule has 0 bridgehead atoms. The highest BCUT2D eigenvalue weighted by atomic mass is 16.5. The highest BCUT2D eigenvalue weighted by Gasteiger charge is 2.13. The molecule has 1 aliphatic heterocycles. The van der Waals surface area contributed by atoms with E-state index < -0.39 is 5.91 Å². The second kappa shape index (κ2) is 6.26. The van der Waals surface area contributed by atoms with E-state index >= 15 is 0 Å². The van der Waals surface area contributed by atoms with Gasteiger partial charge in [-0.05, 0) is 37.1 Å². The molecule has 5 nitrogen and oxygen atoms in total. The van der Waals surface area contributed by atoms with Crippen LogP contribution in [0.3, 0.4) is 0 Å². The van der Waals surface area contributed by atoms with Crippen LogP contribution in [0.4, 0.5) is 5.69 Å². The van der Waals surface area contributed by atoms with Crippen molar-refractivity contribution in [1.82, 2.24) is 0 Å². The van der Waals surface area contributed by atoms with Gasteiger partial charge in [0.2, 0.25) is 0 Å². The normalized spacial score (nSPS) is 19.2. The first-order valence-corrected chi connectivity index (χ1v) is 6.09. The largest absolute Gasteiger partial charge is 0.484 e. The first kappa shape index (κ1) is 12.7. The van der Waals surface area contributed by atoms with Crippen molar-refractivity contribution in [3.8, 4) is 5.75 Å². The summed E-state index contributed by atoms with van der Waals surface area (Å²) >= 11 is 0. The standard InChI is InChI=1S/C13H18N2O3/c14-13(16)9-18-12-5-3-10(4-6-12)15-11-2-1-7-17-8-11/h3-6,11,15H,1-2,7-9H2,(H2,14,16). The van der Waals surface area contributed by atoms with E-state index in [9.17, 15) is 4.79 Å². The maximum Gasteiger partial charge on any atom is 0.255 e. The number of amides is 1. The third kappa shape index (κ3) is 3.92. The monoisotopic (exact) mass is 250 g/mol. The Balaban J connectivity index is 1.84. The number of rotatable bonds is 5. The SMILES string of the molecule is NC(=O)COc1ccc(NC2CCCOC2)cc1. The van der Waals surface area contributed by atoms with Gasteiger partial charge < -0.3 is 20.5 Å². The van der Waals surface area contributed by atoms with Crippen molar-refractivity contribution in [3.05, 3.63) is 24.3 Å². The van der Waals surface area contributed by atoms with Gasteiger partial charge in [0.05, 0.1) is 6.61 Å². The van der Waals surface area contributed by atoms with E-state index in [1.54, 1.807) is 0 Å². The number of nitrogens with one attached hydrogen (secondary N) is 1. The molecular weight excluding hydrogens is 232 g/mol. The molecule has 1 unspecified atom stereocenters. The molecule has 1 atom stereocenters. The number of benzene rings is 1. The highest BCUT2D eigenvalue weighted by molar-refractivity contribution is 5.75. The number of ether oxygens (including phenoxy) is 2. The summed E-state index contributed by atoms with van der Waals surface area (Å²) in [4.78, 5) is 10.6. The molecule has 1 aliphatic rings. The van der Waals surface area contributed by atoms with Crippen LogP contribution in [0.2, 0.25) is 0 Å². The zero-order valence-electron chi connectivity index (χ0n) is 10.2. The molecule has 1 heterocycles. The highest BCUT2D eigenvalue weighted by Crippen LogP contribution is 2.18. The number of hydrogen-bond donors (Lipinski definition) is 2. The fraction of sp³-hybridized carbons (Fsp3) is 0.462. The number of hydrogen-bond acceptors (Lipinski definition) is 4. The molecule has 18 heavy (non-hydrogen) atoms. The van der Waals surface area contributed by atoms with Crippen LogP contribution >= 0.6 is 0 Å². The Hall–Kier alpha value is -1.75. The van der Waals surface area contributed by atoms with Crippen LogP contribution in [0.1, 0.15) is 12.8 Å². The lowest BCUT2D eigenvalue weighted by Gasteiger charge is -2.24. The zero-order chi connectivity index (χ0) is 12.8. The molecule has 0 saturated carbocycles. The minimum Gasteiger partial charge on any atom is -0.484 e. The summed E-state index contributed by atoms with van der Waals surface area (Å²) in [6.45, 7) is 1.52. The van der Waals surface area contributed by atoms with Gasteiger partial charge in [-0.2, -0.15) is 0 Å². The number of anilines is 1. The molecule has 0 radical (unpaired) electrons. The minimum atomic E-state index is -0.475. The lowest BCUT2D eigenvalue weighted by atomic mass is 10.1. The first-order chi connectivity index (χ1) is 8.74. The number of carbonyl (C=O) groups is 1. The van der Waals surface area contributed by atoms with E-state index in [-0.39, 0.29) is 6.61 Å². The van der Waals surface area contributed by atoms with Crippen molar-refractivity contribution in [3.63, 3.8) is 0 Å². The Morgan fingerprint density at radius 3 is 2.83 bits per heavy atom. The summed E-state index contributed by atoms with van der Waals surface area (Å²) in [5.41, 5.74) is 6.03. The molecule has 1 saturated heterocycles. The minimum absolute atomic E-state index is 0.0940. The lowest BCUT2D eigenvalue weighted by molar-refractivity contribution is -0.119. The van der Waals surface area contributed by atoms with Gasteiger partial charge in [0.25, 0.3) is 5.91 Å². The fourth-order valence-corrected chi connectivity index (χ4v) is 1.89. The van der Waals surface area contributed by atoms with Crippen molar-refractivity contribution in [2.45, 2.75) is 18.9 Å². The molecule has 1 amide bonds. The summed E-state index contributed by atoms with van der Waals surface area (Å²) < 4.78 is 10.6. The van der Waals surface area contributed by atoms with Gasteiger partial charge in [-0.3, -0.25) is 4.79 Å². The predicted molar refractivity (Wildman–Crippen MR) is 68.6 cm³/mol. The van der Waals surface area contributed by atoms with Gasteiger partial charge >= 0.3 is 0 Å². The maximum atomic E-state index is 10.6. The number of nitrogens with two attached hydrogens (primary N) is 1. The quantitative estimate of drug-likeness (QED) is 0.822. The average Bonchev–Trinajstić information content (AvgIpc) is 2.39. The molecule has 98 valence electrons. The average molecular weight is 250 g/mol. The summed E-state index contributed by atoms with van der Waals surface area (Å²) in [6.07, 6.45) is 2.22. The Kier molecular flexibility index (Phi) is 4.41. The van der Waals surface area contributed by atoms with Gasteiger partial charge in [-0.15, -0.1) is 0 Å². The Morgan fingerprint density at radius 2 is 2.22 bits per heavy atom. The second-order valence-corrected chi connectivity index (χ2v) is 4.34. The lowest BCUT2D eigenvalue weighted by Crippen LogP contribution is -2.29. The number of primary amides is 1. The van der Waals surface area contributed by atoms with Crippen LogP contribution in [0.5, 0.6) is 5.75 Å². The fourth-order valence-electron chi connectivity index (χ4n) is 1.89. The summed E-state index contributed by atoms with van der Waals surface area (Å²) in [5.74, 6) is 0.163. The van der Waals surface area contributed by atoms with E-state index in [1.807, 2.05) is 24.3 Å².